The number of ketones is 1. The first-order valence-corrected chi connectivity index (χ1v) is 7.79. The number of carbonyl (C=O) groups is 1. The van der Waals surface area contributed by atoms with Crippen molar-refractivity contribution in [1.29, 1.82) is 0 Å². The largest absolute Gasteiger partial charge is 0.314 e. The number of carbonyl (C=O) groups excluding carboxylic acids is 1. The summed E-state index contributed by atoms with van der Waals surface area (Å²) >= 11 is 0. The normalized spacial score (nSPS) is 17.8. The van der Waals surface area contributed by atoms with Gasteiger partial charge in [-0.05, 0) is 32.0 Å². The second-order valence-electron chi connectivity index (χ2n) is 6.10. The summed E-state index contributed by atoms with van der Waals surface area (Å²) in [5.41, 5.74) is 1.67. The van der Waals surface area contributed by atoms with Crippen LogP contribution < -0.4 is 5.32 Å². The first-order valence-electron chi connectivity index (χ1n) is 7.79. The van der Waals surface area contributed by atoms with Gasteiger partial charge in [0.15, 0.2) is 5.78 Å². The lowest BCUT2D eigenvalue weighted by atomic mass is 9.77. The summed E-state index contributed by atoms with van der Waals surface area (Å²) in [6.07, 6.45) is 8.27. The summed E-state index contributed by atoms with van der Waals surface area (Å²) in [6.45, 7) is 0. The van der Waals surface area contributed by atoms with Gasteiger partial charge in [-0.15, -0.1) is 0 Å². The highest BCUT2D eigenvalue weighted by Gasteiger charge is 2.32. The highest BCUT2D eigenvalue weighted by Crippen LogP contribution is 2.32. The van der Waals surface area contributed by atoms with Gasteiger partial charge in [0.25, 0.3) is 0 Å². The van der Waals surface area contributed by atoms with Crippen molar-refractivity contribution in [3.8, 4) is 0 Å². The van der Waals surface area contributed by atoms with Gasteiger partial charge in [0.1, 0.15) is 0 Å². The van der Waals surface area contributed by atoms with E-state index in [4.69, 9.17) is 0 Å². The number of rotatable bonds is 4. The van der Waals surface area contributed by atoms with E-state index in [1.54, 1.807) is 6.20 Å². The van der Waals surface area contributed by atoms with Crippen molar-refractivity contribution in [3.05, 3.63) is 42.1 Å². The Morgan fingerprint density at radius 3 is 2.81 bits per heavy atom. The summed E-state index contributed by atoms with van der Waals surface area (Å²) < 4.78 is 0. The Bertz CT molecular complexity index is 644. The molecule has 3 heteroatoms. The molecular formula is C18H22N2O. The third kappa shape index (κ3) is 2.98. The number of nitrogens with zero attached hydrogens (tertiary/aromatic N) is 1. The summed E-state index contributed by atoms with van der Waals surface area (Å²) in [6, 6.07) is 9.78. The van der Waals surface area contributed by atoms with Crippen molar-refractivity contribution in [2.75, 3.05) is 7.05 Å². The fraction of sp³-hybridized carbons (Fsp3) is 0.444. The van der Waals surface area contributed by atoms with E-state index in [2.05, 4.69) is 10.3 Å². The Kier molecular flexibility index (Phi) is 4.02. The predicted molar refractivity (Wildman–Crippen MR) is 85.6 cm³/mol. The molecule has 0 aliphatic heterocycles. The lowest BCUT2D eigenvalue weighted by molar-refractivity contribution is 0.0915. The van der Waals surface area contributed by atoms with E-state index >= 15 is 0 Å². The molecule has 1 aliphatic rings. The third-order valence-electron chi connectivity index (χ3n) is 4.77. The van der Waals surface area contributed by atoms with Gasteiger partial charge in [-0.3, -0.25) is 9.78 Å². The molecule has 3 nitrogen and oxygen atoms in total. The van der Waals surface area contributed by atoms with Crippen molar-refractivity contribution < 1.29 is 4.79 Å². The molecule has 1 heterocycles. The predicted octanol–water partition coefficient (Wildman–Crippen LogP) is 3.73. The Balaban J connectivity index is 1.82. The Labute approximate surface area is 125 Å². The van der Waals surface area contributed by atoms with Gasteiger partial charge in [-0.25, -0.2) is 0 Å². The molecule has 0 spiro atoms. The quantitative estimate of drug-likeness (QED) is 0.869. The van der Waals surface area contributed by atoms with Gasteiger partial charge >= 0.3 is 0 Å². The topological polar surface area (TPSA) is 42.0 Å². The van der Waals surface area contributed by atoms with E-state index in [1.165, 1.54) is 19.3 Å². The molecule has 21 heavy (non-hydrogen) atoms. The number of Topliss-reactive ketones (excluding diaryl/α,β-unsaturated/α-hetero) is 1. The molecule has 0 saturated heterocycles. The van der Waals surface area contributed by atoms with E-state index in [0.717, 1.165) is 29.3 Å². The standard InChI is InChI=1S/C18H22N2O/c1-19-18(9-3-2-4-10-18)13-17(21)15-8-7-14-6-5-11-20-16(14)12-15/h5-8,11-12,19H,2-4,9-10,13H2,1H3. The molecule has 1 aromatic heterocycles. The van der Waals surface area contributed by atoms with Crippen LogP contribution in [0, 0.1) is 0 Å². The van der Waals surface area contributed by atoms with Crippen LogP contribution in [0.25, 0.3) is 10.9 Å². The highest BCUT2D eigenvalue weighted by atomic mass is 16.1. The maximum atomic E-state index is 12.7. The smallest absolute Gasteiger partial charge is 0.164 e. The highest BCUT2D eigenvalue weighted by molar-refractivity contribution is 5.99. The molecule has 1 aromatic carbocycles. The average Bonchev–Trinajstić information content (AvgIpc) is 2.55. The molecule has 3 rings (SSSR count). The van der Waals surface area contributed by atoms with Crippen LogP contribution in [0.3, 0.4) is 0 Å². The minimum Gasteiger partial charge on any atom is -0.314 e. The molecule has 1 saturated carbocycles. The Hall–Kier alpha value is -1.74. The molecule has 110 valence electrons. The zero-order valence-electron chi connectivity index (χ0n) is 12.6. The molecule has 0 unspecified atom stereocenters. The van der Waals surface area contributed by atoms with E-state index in [0.29, 0.717) is 6.42 Å². The number of fused-ring (bicyclic) bond motifs is 1. The number of pyridine rings is 1. The lowest BCUT2D eigenvalue weighted by Gasteiger charge is -2.36. The molecular weight excluding hydrogens is 260 g/mol. The van der Waals surface area contributed by atoms with Crippen LogP contribution in [-0.2, 0) is 0 Å². The number of hydrogen-bond acceptors (Lipinski definition) is 3. The van der Waals surface area contributed by atoms with Crippen molar-refractivity contribution in [2.24, 2.45) is 0 Å². The zero-order valence-corrected chi connectivity index (χ0v) is 12.6. The van der Waals surface area contributed by atoms with Crippen LogP contribution in [0.5, 0.6) is 0 Å². The Morgan fingerprint density at radius 1 is 1.24 bits per heavy atom. The van der Waals surface area contributed by atoms with Crippen molar-refractivity contribution in [1.82, 2.24) is 10.3 Å². The summed E-state index contributed by atoms with van der Waals surface area (Å²) in [5, 5.41) is 4.50. The van der Waals surface area contributed by atoms with Crippen LogP contribution in [0.2, 0.25) is 0 Å². The van der Waals surface area contributed by atoms with Crippen LogP contribution in [-0.4, -0.2) is 23.4 Å². The average molecular weight is 282 g/mol. The summed E-state index contributed by atoms with van der Waals surface area (Å²) in [5.74, 6) is 0.221. The van der Waals surface area contributed by atoms with Gasteiger partial charge in [0, 0.05) is 29.1 Å². The zero-order chi connectivity index (χ0) is 14.7. The van der Waals surface area contributed by atoms with Gasteiger partial charge in [0.2, 0.25) is 0 Å². The number of aromatic nitrogens is 1. The second kappa shape index (κ2) is 5.94. The first kappa shape index (κ1) is 14.2. The number of benzene rings is 1. The van der Waals surface area contributed by atoms with E-state index < -0.39 is 0 Å². The molecule has 1 fully saturated rings. The van der Waals surface area contributed by atoms with Gasteiger partial charge in [-0.1, -0.05) is 37.5 Å². The lowest BCUT2D eigenvalue weighted by Crippen LogP contribution is -2.46. The Morgan fingerprint density at radius 2 is 2.05 bits per heavy atom. The SMILES string of the molecule is CNC1(CC(=O)c2ccc3cccnc3c2)CCCCC1. The van der Waals surface area contributed by atoms with Gasteiger partial charge < -0.3 is 5.32 Å². The number of hydrogen-bond donors (Lipinski definition) is 1. The van der Waals surface area contributed by atoms with Crippen molar-refractivity contribution in [2.45, 2.75) is 44.1 Å². The fourth-order valence-corrected chi connectivity index (χ4v) is 3.39. The summed E-state index contributed by atoms with van der Waals surface area (Å²) in [7, 11) is 1.99. The van der Waals surface area contributed by atoms with Crippen LogP contribution in [0.1, 0.15) is 48.9 Å². The minimum atomic E-state index is -0.00555. The molecule has 0 atom stereocenters. The molecule has 1 N–H and O–H groups in total. The summed E-state index contributed by atoms with van der Waals surface area (Å²) in [4.78, 5) is 17.0. The minimum absolute atomic E-state index is 0.00555. The van der Waals surface area contributed by atoms with E-state index in [-0.39, 0.29) is 11.3 Å². The van der Waals surface area contributed by atoms with Crippen molar-refractivity contribution >= 4 is 16.7 Å². The molecule has 0 bridgehead atoms. The molecule has 0 amide bonds. The number of nitrogens with one attached hydrogen (secondary N) is 1. The fourth-order valence-electron chi connectivity index (χ4n) is 3.39. The third-order valence-corrected chi connectivity index (χ3v) is 4.77. The van der Waals surface area contributed by atoms with Crippen LogP contribution >= 0.6 is 0 Å². The first-order chi connectivity index (χ1) is 10.2. The van der Waals surface area contributed by atoms with Crippen LogP contribution in [0.4, 0.5) is 0 Å². The van der Waals surface area contributed by atoms with Gasteiger partial charge in [-0.2, -0.15) is 0 Å². The maximum Gasteiger partial charge on any atom is 0.164 e. The van der Waals surface area contributed by atoms with Gasteiger partial charge in [0.05, 0.1) is 5.52 Å². The van der Waals surface area contributed by atoms with E-state index in [9.17, 15) is 4.79 Å². The maximum absolute atomic E-state index is 12.7. The molecule has 0 radical (unpaired) electrons. The van der Waals surface area contributed by atoms with Crippen LogP contribution in [0.15, 0.2) is 36.5 Å². The van der Waals surface area contributed by atoms with E-state index in [1.807, 2.05) is 37.4 Å². The molecule has 2 aromatic rings. The van der Waals surface area contributed by atoms with Crippen molar-refractivity contribution in [3.63, 3.8) is 0 Å². The molecule has 1 aliphatic carbocycles. The monoisotopic (exact) mass is 282 g/mol. The second-order valence-corrected chi connectivity index (χ2v) is 6.10.